The molecule has 29 heavy (non-hydrogen) atoms. The minimum atomic E-state index is 0.628. The second kappa shape index (κ2) is 8.37. The van der Waals surface area contributed by atoms with Crippen molar-refractivity contribution in [2.45, 2.75) is 25.3 Å². The van der Waals surface area contributed by atoms with E-state index in [4.69, 9.17) is 18.9 Å². The van der Waals surface area contributed by atoms with E-state index in [2.05, 4.69) is 23.1 Å². The Bertz CT molecular complexity index is 921. The number of fused-ring (bicyclic) bond motifs is 1. The first-order chi connectivity index (χ1) is 14.2. The average Bonchev–Trinajstić information content (AvgIpc) is 3.25. The number of rotatable bonds is 6. The van der Waals surface area contributed by atoms with E-state index in [1.165, 1.54) is 30.5 Å². The fourth-order valence-corrected chi connectivity index (χ4v) is 4.62. The molecule has 0 radical (unpaired) electrons. The molecule has 0 bridgehead atoms. The number of hydrogen-bond donors (Lipinski definition) is 0. The Balaban J connectivity index is 1.89. The zero-order chi connectivity index (χ0) is 20.4. The van der Waals surface area contributed by atoms with Crippen LogP contribution in [0.4, 0.5) is 0 Å². The summed E-state index contributed by atoms with van der Waals surface area (Å²) in [5.74, 6) is 2.88. The van der Waals surface area contributed by atoms with Gasteiger partial charge in [0.15, 0.2) is 23.0 Å². The minimum Gasteiger partial charge on any atom is -0.493 e. The molecule has 2 aromatic carbocycles. The van der Waals surface area contributed by atoms with Gasteiger partial charge in [0, 0.05) is 18.2 Å². The van der Waals surface area contributed by atoms with Gasteiger partial charge in [-0.2, -0.15) is 0 Å². The van der Waals surface area contributed by atoms with Crippen molar-refractivity contribution in [2.24, 2.45) is 0 Å². The van der Waals surface area contributed by atoms with Crippen molar-refractivity contribution in [2.75, 3.05) is 41.5 Å². The maximum Gasteiger partial charge on any atom is 0.168 e. The molecular formula is C24H29NO4. The quantitative estimate of drug-likeness (QED) is 0.713. The highest BCUT2D eigenvalue weighted by molar-refractivity contribution is 5.87. The van der Waals surface area contributed by atoms with E-state index in [9.17, 15) is 0 Å². The lowest BCUT2D eigenvalue weighted by Crippen LogP contribution is -2.32. The van der Waals surface area contributed by atoms with E-state index in [0.29, 0.717) is 17.5 Å². The predicted molar refractivity (Wildman–Crippen MR) is 115 cm³/mol. The van der Waals surface area contributed by atoms with Crippen molar-refractivity contribution in [3.8, 4) is 34.1 Å². The molecule has 0 aromatic heterocycles. The molecule has 2 heterocycles. The Morgan fingerprint density at radius 1 is 0.828 bits per heavy atom. The van der Waals surface area contributed by atoms with Gasteiger partial charge in [0.05, 0.1) is 28.4 Å². The Hall–Kier alpha value is -2.66. The molecule has 1 fully saturated rings. The van der Waals surface area contributed by atoms with Gasteiger partial charge in [-0.3, -0.25) is 4.90 Å². The van der Waals surface area contributed by atoms with Crippen LogP contribution in [0, 0.1) is 0 Å². The number of nitrogens with zero attached hydrogens (tertiary/aromatic N) is 1. The summed E-state index contributed by atoms with van der Waals surface area (Å²) in [5.41, 5.74) is 4.57. The van der Waals surface area contributed by atoms with E-state index < -0.39 is 0 Å². The van der Waals surface area contributed by atoms with E-state index >= 15 is 0 Å². The fourth-order valence-electron chi connectivity index (χ4n) is 4.62. The van der Waals surface area contributed by atoms with Gasteiger partial charge in [0.2, 0.25) is 0 Å². The summed E-state index contributed by atoms with van der Waals surface area (Å²) in [4.78, 5) is 2.58. The summed E-state index contributed by atoms with van der Waals surface area (Å²) >= 11 is 0. The Morgan fingerprint density at radius 3 is 2.24 bits per heavy atom. The van der Waals surface area contributed by atoms with Crippen LogP contribution in [0.1, 0.15) is 24.8 Å². The van der Waals surface area contributed by atoms with E-state index in [-0.39, 0.29) is 0 Å². The second-order valence-corrected chi connectivity index (χ2v) is 7.52. The number of ether oxygens (including phenoxy) is 4. The van der Waals surface area contributed by atoms with Crippen LogP contribution in [-0.2, 0) is 0 Å². The van der Waals surface area contributed by atoms with Gasteiger partial charge < -0.3 is 18.9 Å². The average molecular weight is 395 g/mol. The van der Waals surface area contributed by atoms with Gasteiger partial charge in [-0.1, -0.05) is 18.2 Å². The third-order valence-corrected chi connectivity index (χ3v) is 6.09. The Morgan fingerprint density at radius 2 is 1.55 bits per heavy atom. The van der Waals surface area contributed by atoms with Crippen molar-refractivity contribution in [1.29, 1.82) is 0 Å². The smallest absolute Gasteiger partial charge is 0.168 e. The molecule has 1 atom stereocenters. The first kappa shape index (κ1) is 19.6. The maximum absolute atomic E-state index is 5.74. The van der Waals surface area contributed by atoms with Crippen molar-refractivity contribution in [1.82, 2.24) is 4.90 Å². The summed E-state index contributed by atoms with van der Waals surface area (Å²) < 4.78 is 22.5. The lowest BCUT2D eigenvalue weighted by atomic mass is 9.88. The topological polar surface area (TPSA) is 40.2 Å². The van der Waals surface area contributed by atoms with E-state index in [0.717, 1.165) is 35.6 Å². The molecule has 4 rings (SSSR count). The van der Waals surface area contributed by atoms with Crippen LogP contribution in [0.15, 0.2) is 36.4 Å². The molecule has 0 unspecified atom stereocenters. The Kier molecular flexibility index (Phi) is 5.67. The molecule has 2 aromatic rings. The second-order valence-electron chi connectivity index (χ2n) is 7.52. The number of para-hydroxylation sites is 1. The van der Waals surface area contributed by atoms with Crippen LogP contribution in [0.25, 0.3) is 16.7 Å². The van der Waals surface area contributed by atoms with Crippen molar-refractivity contribution in [3.05, 3.63) is 42.0 Å². The minimum absolute atomic E-state index is 0.628. The molecule has 0 aliphatic carbocycles. The first-order valence-corrected chi connectivity index (χ1v) is 10.1. The van der Waals surface area contributed by atoms with Crippen molar-refractivity contribution >= 4 is 5.57 Å². The zero-order valence-electron chi connectivity index (χ0n) is 17.7. The summed E-state index contributed by atoms with van der Waals surface area (Å²) in [6.07, 6.45) is 5.96. The molecule has 154 valence electrons. The predicted octanol–water partition coefficient (Wildman–Crippen LogP) is 4.64. The fraction of sp³-hybridized carbons (Fsp3) is 0.417. The number of benzene rings is 2. The van der Waals surface area contributed by atoms with Gasteiger partial charge in [-0.15, -0.1) is 0 Å². The van der Waals surface area contributed by atoms with Crippen molar-refractivity contribution in [3.63, 3.8) is 0 Å². The number of methoxy groups -OCH3 is 4. The summed E-state index contributed by atoms with van der Waals surface area (Å²) in [6, 6.07) is 10.8. The normalized spacial score (nSPS) is 18.8. The molecule has 0 saturated carbocycles. The highest BCUT2D eigenvalue weighted by atomic mass is 16.5. The van der Waals surface area contributed by atoms with Gasteiger partial charge in [0.25, 0.3) is 0 Å². The van der Waals surface area contributed by atoms with E-state index in [1.54, 1.807) is 28.4 Å². The first-order valence-electron chi connectivity index (χ1n) is 10.1. The van der Waals surface area contributed by atoms with Crippen LogP contribution >= 0.6 is 0 Å². The van der Waals surface area contributed by atoms with Crippen LogP contribution < -0.4 is 18.9 Å². The summed E-state index contributed by atoms with van der Waals surface area (Å²) in [5, 5.41) is 0. The molecular weight excluding hydrogens is 366 g/mol. The summed E-state index contributed by atoms with van der Waals surface area (Å²) in [7, 11) is 6.69. The van der Waals surface area contributed by atoms with Gasteiger partial charge in [-0.05, 0) is 60.7 Å². The Labute approximate surface area is 172 Å². The molecule has 2 aliphatic heterocycles. The third-order valence-electron chi connectivity index (χ3n) is 6.09. The van der Waals surface area contributed by atoms with Gasteiger partial charge in [0.1, 0.15) is 0 Å². The molecule has 5 nitrogen and oxygen atoms in total. The highest BCUT2D eigenvalue weighted by Gasteiger charge is 2.30. The lowest BCUT2D eigenvalue weighted by Gasteiger charge is -2.30. The third kappa shape index (κ3) is 3.55. The van der Waals surface area contributed by atoms with E-state index in [1.807, 2.05) is 18.2 Å². The highest BCUT2D eigenvalue weighted by Crippen LogP contribution is 2.46. The standard InChI is InChI=1S/C24H29NO4/c1-26-21-9-5-8-18(24(21)29-4)20-15-23(28-3)22(27-2)14-19(20)16-10-12-25-11-6-7-17(25)13-16/h5,8-10,14-15,17H,6-7,11-13H2,1-4H3/t17-/m1/s1. The van der Waals surface area contributed by atoms with Crippen LogP contribution in [0.5, 0.6) is 23.0 Å². The lowest BCUT2D eigenvalue weighted by molar-refractivity contribution is 0.275. The largest absolute Gasteiger partial charge is 0.493 e. The summed E-state index contributed by atoms with van der Waals surface area (Å²) in [6.45, 7) is 2.21. The number of hydrogen-bond acceptors (Lipinski definition) is 5. The molecule has 1 saturated heterocycles. The van der Waals surface area contributed by atoms with Crippen LogP contribution in [0.2, 0.25) is 0 Å². The van der Waals surface area contributed by atoms with Crippen LogP contribution in [0.3, 0.4) is 0 Å². The SMILES string of the molecule is COc1cc(C2=CCN3CCC[C@@H]3C2)c(-c2cccc(OC)c2OC)cc1OC. The molecule has 0 N–H and O–H groups in total. The molecule has 0 spiro atoms. The van der Waals surface area contributed by atoms with Crippen molar-refractivity contribution < 1.29 is 18.9 Å². The molecule has 0 amide bonds. The van der Waals surface area contributed by atoms with Crippen LogP contribution in [-0.4, -0.2) is 52.5 Å². The molecule has 5 heteroatoms. The van der Waals surface area contributed by atoms with Gasteiger partial charge >= 0.3 is 0 Å². The monoisotopic (exact) mass is 395 g/mol. The van der Waals surface area contributed by atoms with Gasteiger partial charge in [-0.25, -0.2) is 0 Å². The molecule has 2 aliphatic rings. The maximum atomic E-state index is 5.74. The zero-order valence-corrected chi connectivity index (χ0v) is 17.7.